The van der Waals surface area contributed by atoms with Gasteiger partial charge in [-0.15, -0.1) is 0 Å². The molecule has 0 spiro atoms. The van der Waals surface area contributed by atoms with Gasteiger partial charge in [0.1, 0.15) is 73.2 Å². The Bertz CT molecular complexity index is 1900. The van der Waals surface area contributed by atoms with Gasteiger partial charge in [0.05, 0.1) is 38.6 Å². The predicted octanol–water partition coefficient (Wildman–Crippen LogP) is 8.94. The minimum atomic E-state index is -1.98. The van der Waals surface area contributed by atoms with Crippen molar-refractivity contribution in [2.45, 2.75) is 336 Å². The van der Waals surface area contributed by atoms with E-state index in [1.807, 2.05) is 6.08 Å². The average molecular weight is 1270 g/mol. The van der Waals surface area contributed by atoms with Crippen molar-refractivity contribution in [2.75, 3.05) is 26.4 Å². The quantitative estimate of drug-likeness (QED) is 0.0200. The summed E-state index contributed by atoms with van der Waals surface area (Å²) in [5, 5.41) is 120. The summed E-state index contributed by atoms with van der Waals surface area (Å²) < 4.78 is 34.3. The third-order valence-electron chi connectivity index (χ3n) is 17.0. The van der Waals surface area contributed by atoms with E-state index < -0.39 is 124 Å². The number of allylic oxidation sites excluding steroid dienone is 11. The van der Waals surface area contributed by atoms with Gasteiger partial charge in [-0.2, -0.15) is 0 Å². The molecule has 3 saturated heterocycles. The van der Waals surface area contributed by atoms with Gasteiger partial charge in [0, 0.05) is 6.42 Å². The molecule has 0 aromatic carbocycles. The Morgan fingerprint density at radius 3 is 1.21 bits per heavy atom. The van der Waals surface area contributed by atoms with Crippen LogP contribution in [-0.4, -0.2) is 193 Å². The molecule has 0 aromatic heterocycles. The standard InChI is InChI=1S/C70H123NO18/c1-3-5-7-9-11-13-15-17-19-21-23-24-25-26-27-28-30-31-33-35-37-39-41-43-45-47-54(75)53(71-58(76)48-46-44-42-40-38-36-34-32-29-22-20-18-16-14-12-10-8-6-4-2)52-84-68-64(82)61(79)66(56(50-73)86-68)89-70-65(83)62(80)67(57(51-74)87-70)88-69-63(81)60(78)59(77)55(49-72)85-69/h6,8,12,14,18,20,29,32,36,38,45,47,53-57,59-70,72-75,77-83H,3-5,7,9-11,13,15-17,19,21-28,30-31,33-35,37,39-44,46,48-52H2,1-2H3,(H,71,76)/b8-6-,14-12-,20-18-,32-29-,38-36-,47-45+. The highest BCUT2D eigenvalue weighted by molar-refractivity contribution is 5.76. The van der Waals surface area contributed by atoms with Crippen molar-refractivity contribution < 1.29 is 89.4 Å². The summed E-state index contributed by atoms with van der Waals surface area (Å²) in [6.45, 7) is 1.60. The summed E-state index contributed by atoms with van der Waals surface area (Å²) in [7, 11) is 0. The molecule has 17 atom stereocenters. The highest BCUT2D eigenvalue weighted by Crippen LogP contribution is 2.33. The molecule has 17 unspecified atom stereocenters. The second-order valence-electron chi connectivity index (χ2n) is 24.6. The number of nitrogens with one attached hydrogen (secondary N) is 1. The topological polar surface area (TPSA) is 307 Å². The fraction of sp³-hybridized carbons (Fsp3) is 0.814. The number of amides is 1. The van der Waals surface area contributed by atoms with Crippen LogP contribution in [-0.2, 0) is 33.2 Å². The van der Waals surface area contributed by atoms with E-state index in [2.05, 4.69) is 79.9 Å². The van der Waals surface area contributed by atoms with Gasteiger partial charge >= 0.3 is 0 Å². The number of carbonyl (C=O) groups is 1. The predicted molar refractivity (Wildman–Crippen MR) is 346 cm³/mol. The molecule has 3 rings (SSSR count). The van der Waals surface area contributed by atoms with Gasteiger partial charge in [-0.25, -0.2) is 0 Å². The number of rotatable bonds is 52. The maximum absolute atomic E-state index is 13.4. The number of hydrogen-bond acceptors (Lipinski definition) is 18. The van der Waals surface area contributed by atoms with Crippen LogP contribution in [0.3, 0.4) is 0 Å². The lowest BCUT2D eigenvalue weighted by Crippen LogP contribution is -2.66. The van der Waals surface area contributed by atoms with Gasteiger partial charge in [0.25, 0.3) is 0 Å². The number of hydrogen-bond donors (Lipinski definition) is 12. The van der Waals surface area contributed by atoms with Crippen LogP contribution in [0.1, 0.15) is 232 Å². The molecular formula is C70H123NO18. The van der Waals surface area contributed by atoms with Crippen molar-refractivity contribution in [1.29, 1.82) is 0 Å². The molecule has 0 radical (unpaired) electrons. The van der Waals surface area contributed by atoms with Crippen LogP contribution in [0.2, 0.25) is 0 Å². The van der Waals surface area contributed by atoms with E-state index in [0.29, 0.717) is 6.42 Å². The minimum Gasteiger partial charge on any atom is -0.394 e. The zero-order valence-electron chi connectivity index (χ0n) is 54.4. The Balaban J connectivity index is 1.46. The molecule has 3 aliphatic rings. The molecule has 0 bridgehead atoms. The van der Waals surface area contributed by atoms with Crippen molar-refractivity contribution in [3.8, 4) is 0 Å². The number of carbonyl (C=O) groups excluding carboxylic acids is 1. The summed E-state index contributed by atoms with van der Waals surface area (Å²) >= 11 is 0. The number of unbranched alkanes of at least 4 members (excludes halogenated alkanes) is 26. The first-order valence-corrected chi connectivity index (χ1v) is 34.7. The largest absolute Gasteiger partial charge is 0.394 e. The van der Waals surface area contributed by atoms with Crippen LogP contribution >= 0.6 is 0 Å². The Hall–Kier alpha value is -2.77. The van der Waals surface area contributed by atoms with Gasteiger partial charge < -0.3 is 89.9 Å². The Kier molecular flexibility index (Phi) is 46.7. The first kappa shape index (κ1) is 80.5. The van der Waals surface area contributed by atoms with E-state index in [4.69, 9.17) is 28.4 Å². The SMILES string of the molecule is CC/C=C\C/C=C\C/C=C\C/C=C\C/C=C\CCCCCC(=O)NC(COC1OC(CO)C(OC2OC(CO)C(OC3OC(CO)C(O)C(O)C3O)C(O)C2O)C(O)C1O)C(O)/C=C/CCCCCCCCCCCCCCCCCCCCCCCCC. The van der Waals surface area contributed by atoms with E-state index in [-0.39, 0.29) is 18.9 Å². The smallest absolute Gasteiger partial charge is 0.220 e. The zero-order chi connectivity index (χ0) is 64.7. The average Bonchev–Trinajstić information content (AvgIpc) is 2.46. The second kappa shape index (κ2) is 51.6. The first-order chi connectivity index (χ1) is 43.3. The molecule has 19 heteroatoms. The van der Waals surface area contributed by atoms with Gasteiger partial charge in [-0.1, -0.05) is 234 Å². The van der Waals surface area contributed by atoms with Crippen LogP contribution in [0.15, 0.2) is 72.9 Å². The van der Waals surface area contributed by atoms with E-state index in [9.17, 15) is 61.0 Å². The Morgan fingerprint density at radius 2 is 0.775 bits per heavy atom. The van der Waals surface area contributed by atoms with Gasteiger partial charge in [0.2, 0.25) is 5.91 Å². The van der Waals surface area contributed by atoms with Gasteiger partial charge in [-0.3, -0.25) is 4.79 Å². The molecule has 0 saturated carbocycles. The number of aliphatic hydroxyl groups is 11. The molecule has 516 valence electrons. The third kappa shape index (κ3) is 33.8. The molecule has 3 aliphatic heterocycles. The maximum atomic E-state index is 13.4. The normalized spacial score (nSPS) is 28.7. The summed E-state index contributed by atoms with van der Waals surface area (Å²) in [6, 6.07) is -0.996. The molecule has 3 heterocycles. The summed E-state index contributed by atoms with van der Waals surface area (Å²) in [4.78, 5) is 13.4. The lowest BCUT2D eigenvalue weighted by molar-refractivity contribution is -0.379. The zero-order valence-corrected chi connectivity index (χ0v) is 54.4. The van der Waals surface area contributed by atoms with Crippen LogP contribution in [0.5, 0.6) is 0 Å². The fourth-order valence-corrected chi connectivity index (χ4v) is 11.4. The molecular weight excluding hydrogens is 1140 g/mol. The summed E-state index contributed by atoms with van der Waals surface area (Å²) in [6.07, 6.45) is 37.3. The van der Waals surface area contributed by atoms with E-state index in [1.54, 1.807) is 6.08 Å². The van der Waals surface area contributed by atoms with Crippen LogP contribution < -0.4 is 5.32 Å². The van der Waals surface area contributed by atoms with Crippen molar-refractivity contribution in [2.24, 2.45) is 0 Å². The Labute approximate surface area is 534 Å². The third-order valence-corrected chi connectivity index (χ3v) is 17.0. The van der Waals surface area contributed by atoms with E-state index >= 15 is 0 Å². The lowest BCUT2D eigenvalue weighted by atomic mass is 9.96. The Morgan fingerprint density at radius 1 is 0.416 bits per heavy atom. The van der Waals surface area contributed by atoms with Gasteiger partial charge in [-0.05, 0) is 64.2 Å². The summed E-state index contributed by atoms with van der Waals surface area (Å²) in [5.74, 6) is -0.308. The lowest BCUT2D eigenvalue weighted by Gasteiger charge is -2.48. The summed E-state index contributed by atoms with van der Waals surface area (Å²) in [5.41, 5.74) is 0. The number of ether oxygens (including phenoxy) is 6. The molecule has 1 amide bonds. The second-order valence-corrected chi connectivity index (χ2v) is 24.6. The first-order valence-electron chi connectivity index (χ1n) is 34.7. The molecule has 0 aromatic rings. The highest BCUT2D eigenvalue weighted by Gasteiger charge is 2.53. The van der Waals surface area contributed by atoms with Crippen molar-refractivity contribution in [3.05, 3.63) is 72.9 Å². The molecule has 89 heavy (non-hydrogen) atoms. The maximum Gasteiger partial charge on any atom is 0.220 e. The minimum absolute atomic E-state index is 0.201. The van der Waals surface area contributed by atoms with Crippen LogP contribution in [0, 0.1) is 0 Å². The van der Waals surface area contributed by atoms with Gasteiger partial charge in [0.15, 0.2) is 18.9 Å². The van der Waals surface area contributed by atoms with E-state index in [1.165, 1.54) is 128 Å². The molecule has 3 fully saturated rings. The fourth-order valence-electron chi connectivity index (χ4n) is 11.4. The van der Waals surface area contributed by atoms with Crippen molar-refractivity contribution >= 4 is 5.91 Å². The van der Waals surface area contributed by atoms with Crippen LogP contribution in [0.25, 0.3) is 0 Å². The number of aliphatic hydroxyl groups excluding tert-OH is 11. The van der Waals surface area contributed by atoms with Crippen LogP contribution in [0.4, 0.5) is 0 Å². The van der Waals surface area contributed by atoms with Crippen molar-refractivity contribution in [1.82, 2.24) is 5.32 Å². The molecule has 12 N–H and O–H groups in total. The van der Waals surface area contributed by atoms with Crippen molar-refractivity contribution in [3.63, 3.8) is 0 Å². The highest BCUT2D eigenvalue weighted by atomic mass is 16.8. The van der Waals surface area contributed by atoms with E-state index in [0.717, 1.165) is 77.0 Å². The molecule has 0 aliphatic carbocycles. The molecule has 19 nitrogen and oxygen atoms in total. The monoisotopic (exact) mass is 1270 g/mol.